The highest BCUT2D eigenvalue weighted by Crippen LogP contribution is 2.20. The van der Waals surface area contributed by atoms with Crippen molar-refractivity contribution in [1.29, 1.82) is 0 Å². The Morgan fingerprint density at radius 1 is 1.32 bits per heavy atom. The van der Waals surface area contributed by atoms with E-state index in [1.165, 1.54) is 5.56 Å². The van der Waals surface area contributed by atoms with Crippen molar-refractivity contribution in [2.75, 3.05) is 20.1 Å². The van der Waals surface area contributed by atoms with Crippen LogP contribution in [-0.2, 0) is 11.3 Å². The molecule has 28 heavy (non-hydrogen) atoms. The van der Waals surface area contributed by atoms with Gasteiger partial charge in [0.1, 0.15) is 0 Å². The summed E-state index contributed by atoms with van der Waals surface area (Å²) in [5, 5.41) is 3.45. The van der Waals surface area contributed by atoms with Gasteiger partial charge >= 0.3 is 0 Å². The number of nitrogens with one attached hydrogen (secondary N) is 1. The average Bonchev–Trinajstić information content (AvgIpc) is 2.69. The quantitative estimate of drug-likeness (QED) is 0.381. The van der Waals surface area contributed by atoms with Gasteiger partial charge in [-0.25, -0.2) is 0 Å². The van der Waals surface area contributed by atoms with Crippen LogP contribution < -0.4 is 11.1 Å². The summed E-state index contributed by atoms with van der Waals surface area (Å²) in [6.45, 7) is 2.45. The highest BCUT2D eigenvalue weighted by molar-refractivity contribution is 14.0. The molecule has 0 radical (unpaired) electrons. The van der Waals surface area contributed by atoms with Crippen LogP contribution in [-0.4, -0.2) is 41.9 Å². The van der Waals surface area contributed by atoms with Gasteiger partial charge in [0.15, 0.2) is 5.96 Å². The highest BCUT2D eigenvalue weighted by atomic mass is 127. The predicted molar refractivity (Wildman–Crippen MR) is 123 cm³/mol. The van der Waals surface area contributed by atoms with Gasteiger partial charge in [-0.05, 0) is 42.5 Å². The third-order valence-corrected chi connectivity index (χ3v) is 4.86. The first-order chi connectivity index (χ1) is 13.2. The molecule has 2 heterocycles. The zero-order valence-electron chi connectivity index (χ0n) is 16.2. The number of aromatic nitrogens is 1. The van der Waals surface area contributed by atoms with Crippen molar-refractivity contribution in [3.63, 3.8) is 0 Å². The SMILES string of the molecule is CN=C(NCc1cccc(-c2ccccn2)c1)N1CCCC(CC(N)=O)C1.I. The van der Waals surface area contributed by atoms with Crippen LogP contribution in [0.4, 0.5) is 0 Å². The number of carbonyl (C=O) groups excluding carboxylic acids is 1. The summed E-state index contributed by atoms with van der Waals surface area (Å²) in [7, 11) is 1.80. The van der Waals surface area contributed by atoms with E-state index in [1.807, 2.05) is 24.3 Å². The largest absolute Gasteiger partial charge is 0.370 e. The third-order valence-electron chi connectivity index (χ3n) is 4.86. The van der Waals surface area contributed by atoms with Gasteiger partial charge in [0.05, 0.1) is 5.69 Å². The fraction of sp³-hybridized carbons (Fsp3) is 0.381. The Kier molecular flexibility index (Phi) is 8.69. The second-order valence-corrected chi connectivity index (χ2v) is 6.94. The molecule has 0 aliphatic carbocycles. The van der Waals surface area contributed by atoms with Gasteiger partial charge < -0.3 is 16.0 Å². The van der Waals surface area contributed by atoms with Crippen LogP contribution in [0.5, 0.6) is 0 Å². The van der Waals surface area contributed by atoms with E-state index < -0.39 is 0 Å². The lowest BCUT2D eigenvalue weighted by atomic mass is 9.95. The second kappa shape index (κ2) is 11.0. The maximum absolute atomic E-state index is 11.2. The van der Waals surface area contributed by atoms with Gasteiger partial charge in [0.2, 0.25) is 5.91 Å². The molecule has 3 N–H and O–H groups in total. The van der Waals surface area contributed by atoms with Crippen LogP contribution in [0, 0.1) is 5.92 Å². The Labute approximate surface area is 183 Å². The average molecular weight is 493 g/mol. The first-order valence-electron chi connectivity index (χ1n) is 9.40. The van der Waals surface area contributed by atoms with Crippen molar-refractivity contribution in [3.8, 4) is 11.3 Å². The fourth-order valence-corrected chi connectivity index (χ4v) is 3.60. The summed E-state index contributed by atoms with van der Waals surface area (Å²) >= 11 is 0. The summed E-state index contributed by atoms with van der Waals surface area (Å²) in [5.41, 5.74) is 8.61. The minimum absolute atomic E-state index is 0. The maximum Gasteiger partial charge on any atom is 0.217 e. The summed E-state index contributed by atoms with van der Waals surface area (Å²) in [4.78, 5) is 22.3. The Bertz CT molecular complexity index is 796. The number of guanidine groups is 1. The number of likely N-dealkylation sites (tertiary alicyclic amines) is 1. The molecule has 150 valence electrons. The zero-order valence-corrected chi connectivity index (χ0v) is 18.5. The molecule has 6 nitrogen and oxygen atoms in total. The lowest BCUT2D eigenvalue weighted by Crippen LogP contribution is -2.46. The lowest BCUT2D eigenvalue weighted by Gasteiger charge is -2.34. The van der Waals surface area contributed by atoms with Crippen LogP contribution in [0.3, 0.4) is 0 Å². The molecule has 1 aliphatic heterocycles. The number of nitrogens with two attached hydrogens (primary N) is 1. The molecular formula is C21H28IN5O. The van der Waals surface area contributed by atoms with Crippen LogP contribution >= 0.6 is 24.0 Å². The third kappa shape index (κ3) is 6.19. The minimum atomic E-state index is -0.226. The molecule has 2 aromatic rings. The topological polar surface area (TPSA) is 83.6 Å². The van der Waals surface area contributed by atoms with Crippen LogP contribution in [0.2, 0.25) is 0 Å². The number of rotatable bonds is 5. The normalized spacial score (nSPS) is 17.0. The number of piperidine rings is 1. The van der Waals surface area contributed by atoms with E-state index >= 15 is 0 Å². The van der Waals surface area contributed by atoms with Gasteiger partial charge in [-0.1, -0.05) is 24.3 Å². The molecular weight excluding hydrogens is 465 g/mol. The smallest absolute Gasteiger partial charge is 0.217 e. The monoisotopic (exact) mass is 493 g/mol. The summed E-state index contributed by atoms with van der Waals surface area (Å²) in [5.74, 6) is 0.950. The fourth-order valence-electron chi connectivity index (χ4n) is 3.60. The number of hydrogen-bond donors (Lipinski definition) is 2. The highest BCUT2D eigenvalue weighted by Gasteiger charge is 2.23. The number of benzene rings is 1. The van der Waals surface area contributed by atoms with Crippen molar-refractivity contribution in [1.82, 2.24) is 15.2 Å². The van der Waals surface area contributed by atoms with Gasteiger partial charge in [-0.3, -0.25) is 14.8 Å². The number of halogens is 1. The lowest BCUT2D eigenvalue weighted by molar-refractivity contribution is -0.119. The van der Waals surface area contributed by atoms with Gasteiger partial charge in [0, 0.05) is 44.9 Å². The maximum atomic E-state index is 11.2. The van der Waals surface area contributed by atoms with E-state index in [0.717, 1.165) is 43.1 Å². The molecule has 3 rings (SSSR count). The summed E-state index contributed by atoms with van der Waals surface area (Å²) in [6, 6.07) is 14.3. The molecule has 7 heteroatoms. The predicted octanol–water partition coefficient (Wildman–Crippen LogP) is 3.03. The molecule has 1 aromatic carbocycles. The van der Waals surface area contributed by atoms with Crippen LogP contribution in [0.25, 0.3) is 11.3 Å². The minimum Gasteiger partial charge on any atom is -0.370 e. The molecule has 0 bridgehead atoms. The van der Waals surface area contributed by atoms with Gasteiger partial charge in [-0.15, -0.1) is 24.0 Å². The van der Waals surface area contributed by atoms with Crippen LogP contribution in [0.15, 0.2) is 53.7 Å². The first kappa shape index (κ1) is 22.1. The van der Waals surface area contributed by atoms with E-state index in [0.29, 0.717) is 18.9 Å². The molecule has 1 atom stereocenters. The number of hydrogen-bond acceptors (Lipinski definition) is 3. The number of amides is 1. The molecule has 1 unspecified atom stereocenters. The molecule has 1 amide bonds. The number of nitrogens with zero attached hydrogens (tertiary/aromatic N) is 3. The van der Waals surface area contributed by atoms with Crippen molar-refractivity contribution in [2.45, 2.75) is 25.8 Å². The van der Waals surface area contributed by atoms with E-state index in [2.05, 4.69) is 38.4 Å². The number of primary amides is 1. The molecule has 1 fully saturated rings. The van der Waals surface area contributed by atoms with Gasteiger partial charge in [-0.2, -0.15) is 0 Å². The van der Waals surface area contributed by atoms with E-state index in [4.69, 9.17) is 5.73 Å². The standard InChI is InChI=1S/C21H27N5O.HI/c1-23-21(26-11-5-7-17(15-26)13-20(22)27)25-14-16-6-4-8-18(12-16)19-9-2-3-10-24-19;/h2-4,6,8-10,12,17H,5,7,11,13-15H2,1H3,(H2,22,27)(H,23,25);1H. The second-order valence-electron chi connectivity index (χ2n) is 6.94. The van der Waals surface area contributed by atoms with E-state index in [9.17, 15) is 4.79 Å². The van der Waals surface area contributed by atoms with Crippen molar-refractivity contribution >= 4 is 35.8 Å². The van der Waals surface area contributed by atoms with Crippen molar-refractivity contribution in [2.24, 2.45) is 16.6 Å². The number of carbonyl (C=O) groups is 1. The van der Waals surface area contributed by atoms with E-state index in [-0.39, 0.29) is 29.9 Å². The number of pyridine rings is 1. The zero-order chi connectivity index (χ0) is 19.1. The Morgan fingerprint density at radius 2 is 2.18 bits per heavy atom. The molecule has 0 saturated carbocycles. The summed E-state index contributed by atoms with van der Waals surface area (Å²) in [6.07, 6.45) is 4.34. The molecule has 1 saturated heterocycles. The molecule has 1 aromatic heterocycles. The Morgan fingerprint density at radius 3 is 2.89 bits per heavy atom. The molecule has 0 spiro atoms. The number of aliphatic imine (C=N–C) groups is 1. The van der Waals surface area contributed by atoms with Crippen molar-refractivity contribution < 1.29 is 4.79 Å². The Hall–Kier alpha value is -2.16. The molecule has 1 aliphatic rings. The van der Waals surface area contributed by atoms with Crippen molar-refractivity contribution in [3.05, 3.63) is 54.2 Å². The first-order valence-corrected chi connectivity index (χ1v) is 9.40. The van der Waals surface area contributed by atoms with Crippen LogP contribution in [0.1, 0.15) is 24.8 Å². The van der Waals surface area contributed by atoms with E-state index in [1.54, 1.807) is 13.2 Å². The Balaban J connectivity index is 0.00000280. The van der Waals surface area contributed by atoms with Gasteiger partial charge in [0.25, 0.3) is 0 Å². The summed E-state index contributed by atoms with van der Waals surface area (Å²) < 4.78 is 0.